The fraction of sp³-hybridized carbons (Fsp3) is 0. The van der Waals surface area contributed by atoms with Crippen LogP contribution in [-0.4, -0.2) is 4.40 Å². The molecule has 8 aromatic carbocycles. The van der Waals surface area contributed by atoms with Crippen LogP contribution in [0.15, 0.2) is 188 Å². The van der Waals surface area contributed by atoms with Crippen LogP contribution < -0.4 is 0 Å². The second-order valence-electron chi connectivity index (χ2n) is 13.0. The van der Waals surface area contributed by atoms with Gasteiger partial charge in [0.05, 0.1) is 16.6 Å². The molecule has 49 heavy (non-hydrogen) atoms. The predicted molar refractivity (Wildman–Crippen MR) is 208 cm³/mol. The highest BCUT2D eigenvalue weighted by Crippen LogP contribution is 2.41. The predicted octanol–water partition coefficient (Wildman–Crippen LogP) is 13.2. The van der Waals surface area contributed by atoms with Gasteiger partial charge in [0.2, 0.25) is 0 Å². The van der Waals surface area contributed by atoms with Crippen molar-refractivity contribution in [2.75, 3.05) is 0 Å². The maximum atomic E-state index is 2.45. The summed E-state index contributed by atoms with van der Waals surface area (Å²) in [7, 11) is 0. The van der Waals surface area contributed by atoms with Crippen LogP contribution in [0.5, 0.6) is 0 Å². The molecule has 0 atom stereocenters. The van der Waals surface area contributed by atoms with Gasteiger partial charge in [-0.25, -0.2) is 0 Å². The smallest absolute Gasteiger partial charge is 0.0620 e. The Morgan fingerprint density at radius 2 is 0.612 bits per heavy atom. The third-order valence-electron chi connectivity index (χ3n) is 10.1. The summed E-state index contributed by atoms with van der Waals surface area (Å²) in [6.45, 7) is 0. The molecule has 1 nitrogen and oxygen atoms in total. The first-order valence-corrected chi connectivity index (χ1v) is 16.9. The normalized spacial score (nSPS) is 11.7. The van der Waals surface area contributed by atoms with Crippen molar-refractivity contribution in [2.24, 2.45) is 0 Å². The molecule has 0 amide bonds. The lowest BCUT2D eigenvalue weighted by atomic mass is 9.91. The number of para-hydroxylation sites is 2. The number of nitrogens with zero attached hydrogens (tertiary/aromatic N) is 1. The molecule has 0 aliphatic rings. The Balaban J connectivity index is 1.18. The number of hydrogen-bond acceptors (Lipinski definition) is 0. The first kappa shape index (κ1) is 27.7. The van der Waals surface area contributed by atoms with Crippen LogP contribution >= 0.6 is 0 Å². The van der Waals surface area contributed by atoms with Crippen molar-refractivity contribution in [2.45, 2.75) is 0 Å². The summed E-state index contributed by atoms with van der Waals surface area (Å²) in [5.41, 5.74) is 15.9. The second kappa shape index (κ2) is 11.1. The van der Waals surface area contributed by atoms with E-state index in [0.29, 0.717) is 0 Å². The molecule has 10 rings (SSSR count). The van der Waals surface area contributed by atoms with E-state index >= 15 is 0 Å². The van der Waals surface area contributed by atoms with Gasteiger partial charge in [-0.1, -0.05) is 140 Å². The quantitative estimate of drug-likeness (QED) is 0.180. The summed E-state index contributed by atoms with van der Waals surface area (Å²) < 4.78 is 2.45. The van der Waals surface area contributed by atoms with Crippen LogP contribution in [0.2, 0.25) is 0 Å². The Labute approximate surface area is 285 Å². The molecular weight excluding hydrogens is 591 g/mol. The first-order valence-electron chi connectivity index (χ1n) is 16.9. The van der Waals surface area contributed by atoms with E-state index in [1.165, 1.54) is 93.7 Å². The van der Waals surface area contributed by atoms with Crippen molar-refractivity contribution in [1.82, 2.24) is 4.40 Å². The molecule has 0 N–H and O–H groups in total. The van der Waals surface area contributed by atoms with Gasteiger partial charge in [0.25, 0.3) is 0 Å². The van der Waals surface area contributed by atoms with Crippen LogP contribution in [0.4, 0.5) is 0 Å². The largest absolute Gasteiger partial charge is 0.308 e. The van der Waals surface area contributed by atoms with Gasteiger partial charge in [-0.2, -0.15) is 0 Å². The molecule has 2 heterocycles. The number of hydrogen-bond donors (Lipinski definition) is 0. The van der Waals surface area contributed by atoms with Crippen LogP contribution in [0.25, 0.3) is 93.7 Å². The Bertz CT molecular complexity index is 2700. The average molecular weight is 622 g/mol. The highest BCUT2D eigenvalue weighted by molar-refractivity contribution is 6.23. The maximum absolute atomic E-state index is 2.45. The monoisotopic (exact) mass is 621 g/mol. The van der Waals surface area contributed by atoms with E-state index < -0.39 is 0 Å². The molecule has 0 unspecified atom stereocenters. The average Bonchev–Trinajstić information content (AvgIpc) is 3.71. The molecule has 10 aromatic rings. The van der Waals surface area contributed by atoms with Gasteiger partial charge in [0.1, 0.15) is 0 Å². The standard InChI is InChI=1S/C48H31N/c1-3-12-32(13-4-1)34-16-9-18-36(26-34)39-28-40(37-19-10-17-35(27-37)33-14-5-2-6-15-33)30-41(29-39)38-24-25-47-45(31-38)44-22-11-21-43-42-20-7-8-23-46(42)49(47)48(43)44/h1-31H. The zero-order chi connectivity index (χ0) is 32.3. The molecule has 0 aliphatic carbocycles. The summed E-state index contributed by atoms with van der Waals surface area (Å²) in [6, 6.07) is 68.7. The molecule has 1 heteroatoms. The molecule has 2 aromatic heterocycles. The summed E-state index contributed by atoms with van der Waals surface area (Å²) in [4.78, 5) is 0. The van der Waals surface area contributed by atoms with E-state index in [-0.39, 0.29) is 0 Å². The molecule has 0 spiro atoms. The summed E-state index contributed by atoms with van der Waals surface area (Å²) in [5.74, 6) is 0. The van der Waals surface area contributed by atoms with Gasteiger partial charge in [-0.15, -0.1) is 0 Å². The highest BCUT2D eigenvalue weighted by atomic mass is 14.9. The molecule has 0 radical (unpaired) electrons. The van der Waals surface area contributed by atoms with Crippen molar-refractivity contribution in [3.05, 3.63) is 188 Å². The second-order valence-corrected chi connectivity index (χ2v) is 13.0. The number of fused-ring (bicyclic) bond motifs is 6. The van der Waals surface area contributed by atoms with Crippen LogP contribution in [0.3, 0.4) is 0 Å². The van der Waals surface area contributed by atoms with Crippen molar-refractivity contribution >= 4 is 38.1 Å². The number of benzene rings is 8. The van der Waals surface area contributed by atoms with Crippen molar-refractivity contribution in [1.29, 1.82) is 0 Å². The van der Waals surface area contributed by atoms with E-state index in [0.717, 1.165) is 0 Å². The Kier molecular flexibility index (Phi) is 6.25. The summed E-state index contributed by atoms with van der Waals surface area (Å²) in [5, 5.41) is 5.20. The third-order valence-corrected chi connectivity index (χ3v) is 10.1. The van der Waals surface area contributed by atoms with Gasteiger partial charge in [0.15, 0.2) is 0 Å². The minimum absolute atomic E-state index is 1.20. The van der Waals surface area contributed by atoms with Gasteiger partial charge >= 0.3 is 0 Å². The molecule has 0 saturated heterocycles. The number of rotatable bonds is 5. The lowest BCUT2D eigenvalue weighted by molar-refractivity contribution is 1.37. The highest BCUT2D eigenvalue weighted by Gasteiger charge is 2.18. The van der Waals surface area contributed by atoms with E-state index in [1.54, 1.807) is 0 Å². The fourth-order valence-corrected chi connectivity index (χ4v) is 7.76. The minimum Gasteiger partial charge on any atom is -0.308 e. The van der Waals surface area contributed by atoms with Crippen molar-refractivity contribution in [3.8, 4) is 55.6 Å². The van der Waals surface area contributed by atoms with Gasteiger partial charge in [-0.3, -0.25) is 0 Å². The zero-order valence-corrected chi connectivity index (χ0v) is 26.8. The van der Waals surface area contributed by atoms with Gasteiger partial charge in [0, 0.05) is 21.5 Å². The molecule has 0 aliphatic heterocycles. The summed E-state index contributed by atoms with van der Waals surface area (Å²) >= 11 is 0. The van der Waals surface area contributed by atoms with Crippen molar-refractivity contribution in [3.63, 3.8) is 0 Å². The minimum atomic E-state index is 1.20. The molecular formula is C48H31N. The van der Waals surface area contributed by atoms with E-state index in [4.69, 9.17) is 0 Å². The third kappa shape index (κ3) is 4.55. The fourth-order valence-electron chi connectivity index (χ4n) is 7.76. The van der Waals surface area contributed by atoms with Crippen molar-refractivity contribution < 1.29 is 0 Å². The molecule has 228 valence electrons. The number of aromatic nitrogens is 1. The maximum Gasteiger partial charge on any atom is 0.0620 e. The molecule has 0 bridgehead atoms. The molecule has 0 saturated carbocycles. The van der Waals surface area contributed by atoms with Crippen LogP contribution in [0.1, 0.15) is 0 Å². The van der Waals surface area contributed by atoms with E-state index in [9.17, 15) is 0 Å². The van der Waals surface area contributed by atoms with Crippen LogP contribution in [0, 0.1) is 0 Å². The molecule has 0 fully saturated rings. The zero-order valence-electron chi connectivity index (χ0n) is 26.8. The lowest BCUT2D eigenvalue weighted by Gasteiger charge is -2.14. The van der Waals surface area contributed by atoms with Crippen LogP contribution in [-0.2, 0) is 0 Å². The Hall–Kier alpha value is -6.44. The topological polar surface area (TPSA) is 4.41 Å². The summed E-state index contributed by atoms with van der Waals surface area (Å²) in [6.07, 6.45) is 0. The Morgan fingerprint density at radius 3 is 1.20 bits per heavy atom. The lowest BCUT2D eigenvalue weighted by Crippen LogP contribution is -1.88. The van der Waals surface area contributed by atoms with Gasteiger partial charge < -0.3 is 4.40 Å². The van der Waals surface area contributed by atoms with Gasteiger partial charge in [-0.05, 0) is 104 Å². The van der Waals surface area contributed by atoms with E-state index in [1.807, 2.05) is 0 Å². The SMILES string of the molecule is c1ccc(-c2cccc(-c3cc(-c4cccc(-c5ccccc5)c4)cc(-c4ccc5c(c4)c4cccc6c7ccccc7n5c64)c3)c2)cc1. The van der Waals surface area contributed by atoms with E-state index in [2.05, 4.69) is 192 Å². The Morgan fingerprint density at radius 1 is 0.224 bits per heavy atom. The first-order chi connectivity index (χ1) is 24.3.